The van der Waals surface area contributed by atoms with Gasteiger partial charge in [-0.05, 0) is 0 Å². The highest BCUT2D eigenvalue weighted by atomic mass is 16.7. The highest BCUT2D eigenvalue weighted by molar-refractivity contribution is 5.17. The Kier molecular flexibility index (Phi) is 6.46. The number of hydrogen-bond donors (Lipinski definition) is 0. The van der Waals surface area contributed by atoms with Crippen molar-refractivity contribution in [2.75, 3.05) is 6.61 Å². The van der Waals surface area contributed by atoms with Crippen LogP contribution >= 0.6 is 0 Å². The first-order valence-electron chi connectivity index (χ1n) is 10.5. The number of hydrogen-bond acceptors (Lipinski definition) is 4. The van der Waals surface area contributed by atoms with Crippen LogP contribution in [0.15, 0.2) is 73.3 Å². The van der Waals surface area contributed by atoms with E-state index in [0.29, 0.717) is 6.61 Å². The Bertz CT molecular complexity index is 778. The molecule has 2 aromatic rings. The molecule has 0 bridgehead atoms. The van der Waals surface area contributed by atoms with Crippen molar-refractivity contribution in [2.45, 2.75) is 51.2 Å². The van der Waals surface area contributed by atoms with Crippen LogP contribution in [0.1, 0.15) is 44.0 Å². The SMILES string of the molecule is C=C[C@H]1C[C@@H]([C@H](C)[C@H]2O[C@@H](c3ccccc3)OC[C@@H]2C)O[C@@H](c2ccccc2)O1. The van der Waals surface area contributed by atoms with Gasteiger partial charge in [0.25, 0.3) is 0 Å². The summed E-state index contributed by atoms with van der Waals surface area (Å²) in [5.41, 5.74) is 2.08. The molecule has 0 aromatic heterocycles. The minimum atomic E-state index is -0.388. The van der Waals surface area contributed by atoms with Gasteiger partial charge in [0.1, 0.15) is 0 Å². The number of benzene rings is 2. The minimum Gasteiger partial charge on any atom is -0.348 e. The fourth-order valence-corrected chi connectivity index (χ4v) is 4.24. The first-order valence-corrected chi connectivity index (χ1v) is 10.5. The van der Waals surface area contributed by atoms with Crippen LogP contribution in [0.4, 0.5) is 0 Å². The topological polar surface area (TPSA) is 36.9 Å². The van der Waals surface area contributed by atoms with Crippen LogP contribution in [-0.2, 0) is 18.9 Å². The molecule has 154 valence electrons. The summed E-state index contributed by atoms with van der Waals surface area (Å²) in [6.07, 6.45) is 1.94. The van der Waals surface area contributed by atoms with Gasteiger partial charge in [-0.2, -0.15) is 0 Å². The fourth-order valence-electron chi connectivity index (χ4n) is 4.24. The molecule has 2 aromatic carbocycles. The lowest BCUT2D eigenvalue weighted by molar-refractivity contribution is -0.286. The predicted molar refractivity (Wildman–Crippen MR) is 112 cm³/mol. The van der Waals surface area contributed by atoms with E-state index in [9.17, 15) is 0 Å². The van der Waals surface area contributed by atoms with Crippen LogP contribution in [0.2, 0.25) is 0 Å². The van der Waals surface area contributed by atoms with Crippen molar-refractivity contribution >= 4 is 0 Å². The van der Waals surface area contributed by atoms with Gasteiger partial charge in [-0.15, -0.1) is 6.58 Å². The van der Waals surface area contributed by atoms with Crippen molar-refractivity contribution in [3.8, 4) is 0 Å². The molecule has 0 amide bonds. The first kappa shape index (κ1) is 20.3. The van der Waals surface area contributed by atoms with Crippen LogP contribution in [0.25, 0.3) is 0 Å². The molecule has 0 aliphatic carbocycles. The van der Waals surface area contributed by atoms with Gasteiger partial charge >= 0.3 is 0 Å². The normalized spacial score (nSPS) is 33.7. The van der Waals surface area contributed by atoms with Gasteiger partial charge in [-0.1, -0.05) is 80.6 Å². The summed E-state index contributed by atoms with van der Waals surface area (Å²) in [6.45, 7) is 9.02. The van der Waals surface area contributed by atoms with Gasteiger partial charge in [0, 0.05) is 29.4 Å². The van der Waals surface area contributed by atoms with E-state index >= 15 is 0 Å². The highest BCUT2D eigenvalue weighted by Gasteiger charge is 2.41. The van der Waals surface area contributed by atoms with Crippen molar-refractivity contribution in [3.05, 3.63) is 84.4 Å². The third-order valence-electron chi connectivity index (χ3n) is 5.92. The molecular weight excluding hydrogens is 364 g/mol. The minimum absolute atomic E-state index is 0.0129. The average Bonchev–Trinajstić information content (AvgIpc) is 2.79. The number of rotatable bonds is 5. The molecule has 2 aliphatic rings. The van der Waals surface area contributed by atoms with Gasteiger partial charge in [-0.3, -0.25) is 0 Å². The van der Waals surface area contributed by atoms with Crippen LogP contribution in [0.5, 0.6) is 0 Å². The Morgan fingerprint density at radius 2 is 1.52 bits per heavy atom. The largest absolute Gasteiger partial charge is 0.348 e. The first-order chi connectivity index (χ1) is 14.2. The lowest BCUT2D eigenvalue weighted by atomic mass is 9.86. The van der Waals surface area contributed by atoms with E-state index in [1.54, 1.807) is 0 Å². The second kappa shape index (κ2) is 9.23. The molecular formula is C25H30O4. The molecule has 0 unspecified atom stereocenters. The van der Waals surface area contributed by atoms with Crippen molar-refractivity contribution < 1.29 is 18.9 Å². The molecule has 4 heteroatoms. The molecule has 7 atom stereocenters. The molecule has 4 nitrogen and oxygen atoms in total. The Morgan fingerprint density at radius 3 is 2.14 bits per heavy atom. The molecule has 0 spiro atoms. The maximum absolute atomic E-state index is 6.44. The standard InChI is InChI=1S/C25H30O4/c1-4-21-15-22(28-25(27-21)20-13-9-6-10-14-20)18(3)23-17(2)16-26-24(29-23)19-11-7-5-8-12-19/h4-14,17-18,21-25H,1,15-16H2,2-3H3/t17-,18-,21-,22-,23-,24-,25-/m0/s1. The summed E-state index contributed by atoms with van der Waals surface area (Å²) in [6, 6.07) is 20.2. The lowest BCUT2D eigenvalue weighted by Gasteiger charge is -2.44. The molecule has 0 N–H and O–H groups in total. The summed E-state index contributed by atoms with van der Waals surface area (Å²) < 4.78 is 24.9. The zero-order valence-electron chi connectivity index (χ0n) is 17.1. The van der Waals surface area contributed by atoms with Crippen LogP contribution in [0, 0.1) is 11.8 Å². The second-order valence-corrected chi connectivity index (χ2v) is 8.08. The molecule has 29 heavy (non-hydrogen) atoms. The summed E-state index contributed by atoms with van der Waals surface area (Å²) in [5.74, 6) is 0.478. The zero-order chi connectivity index (χ0) is 20.2. The van der Waals surface area contributed by atoms with Crippen molar-refractivity contribution in [1.29, 1.82) is 0 Å². The van der Waals surface area contributed by atoms with Crippen LogP contribution in [0.3, 0.4) is 0 Å². The Labute approximate surface area is 173 Å². The van der Waals surface area contributed by atoms with E-state index in [2.05, 4.69) is 20.4 Å². The van der Waals surface area contributed by atoms with E-state index in [0.717, 1.165) is 17.5 Å². The maximum atomic E-state index is 6.44. The van der Waals surface area contributed by atoms with Gasteiger partial charge in [0.15, 0.2) is 12.6 Å². The quantitative estimate of drug-likeness (QED) is 0.634. The van der Waals surface area contributed by atoms with Gasteiger partial charge < -0.3 is 18.9 Å². The summed E-state index contributed by atoms with van der Waals surface area (Å²) in [7, 11) is 0. The Morgan fingerprint density at radius 1 is 0.897 bits per heavy atom. The average molecular weight is 395 g/mol. The van der Waals surface area contributed by atoms with E-state index in [4.69, 9.17) is 18.9 Å². The van der Waals surface area contributed by atoms with Gasteiger partial charge in [-0.25, -0.2) is 0 Å². The lowest BCUT2D eigenvalue weighted by Crippen LogP contribution is -2.46. The molecule has 2 saturated heterocycles. The van der Waals surface area contributed by atoms with E-state index in [1.807, 2.05) is 66.7 Å². The smallest absolute Gasteiger partial charge is 0.184 e. The third kappa shape index (κ3) is 4.62. The maximum Gasteiger partial charge on any atom is 0.184 e. The van der Waals surface area contributed by atoms with E-state index in [1.165, 1.54) is 0 Å². The van der Waals surface area contributed by atoms with Crippen LogP contribution < -0.4 is 0 Å². The Balaban J connectivity index is 1.50. The molecule has 2 aliphatic heterocycles. The third-order valence-corrected chi connectivity index (χ3v) is 5.92. The zero-order valence-corrected chi connectivity index (χ0v) is 17.1. The van der Waals surface area contributed by atoms with Crippen molar-refractivity contribution in [1.82, 2.24) is 0 Å². The summed E-state index contributed by atoms with van der Waals surface area (Å²) >= 11 is 0. The van der Waals surface area contributed by atoms with Crippen LogP contribution in [-0.4, -0.2) is 24.9 Å². The van der Waals surface area contributed by atoms with Crippen molar-refractivity contribution in [2.24, 2.45) is 11.8 Å². The molecule has 0 saturated carbocycles. The van der Waals surface area contributed by atoms with Gasteiger partial charge in [0.2, 0.25) is 0 Å². The van der Waals surface area contributed by atoms with E-state index in [-0.39, 0.29) is 42.7 Å². The number of ether oxygens (including phenoxy) is 4. The van der Waals surface area contributed by atoms with Gasteiger partial charge in [0.05, 0.1) is 24.9 Å². The molecule has 2 fully saturated rings. The predicted octanol–water partition coefficient (Wildman–Crippen LogP) is 5.43. The second-order valence-electron chi connectivity index (χ2n) is 8.08. The Hall–Kier alpha value is -1.98. The summed E-state index contributed by atoms with van der Waals surface area (Å²) in [4.78, 5) is 0. The summed E-state index contributed by atoms with van der Waals surface area (Å²) in [5, 5.41) is 0. The van der Waals surface area contributed by atoms with Crippen molar-refractivity contribution in [3.63, 3.8) is 0 Å². The molecule has 4 rings (SSSR count). The fraction of sp³-hybridized carbons (Fsp3) is 0.440. The highest BCUT2D eigenvalue weighted by Crippen LogP contribution is 2.39. The molecule has 0 radical (unpaired) electrons. The molecule has 2 heterocycles. The monoisotopic (exact) mass is 394 g/mol. The van der Waals surface area contributed by atoms with E-state index < -0.39 is 0 Å².